The molecule has 0 aliphatic carbocycles. The number of amides is 2. The van der Waals surface area contributed by atoms with E-state index in [1.54, 1.807) is 73.8 Å². The van der Waals surface area contributed by atoms with Gasteiger partial charge in [-0.1, -0.05) is 18.2 Å². The van der Waals surface area contributed by atoms with Gasteiger partial charge in [-0.15, -0.1) is 0 Å². The van der Waals surface area contributed by atoms with Crippen LogP contribution in [0.1, 0.15) is 10.5 Å². The summed E-state index contributed by atoms with van der Waals surface area (Å²) in [4.78, 5) is 38.7. The second kappa shape index (κ2) is 9.79. The summed E-state index contributed by atoms with van der Waals surface area (Å²) in [5.41, 5.74) is 0.629. The summed E-state index contributed by atoms with van der Waals surface area (Å²) in [7, 11) is 1.54. The van der Waals surface area contributed by atoms with Crippen LogP contribution in [0.5, 0.6) is 17.2 Å². The molecular formula is C26H22N4O6. The molecule has 36 heavy (non-hydrogen) atoms. The number of benzene rings is 3. The topological polar surface area (TPSA) is 121 Å². The number of hydrogen-bond donors (Lipinski definition) is 2. The molecular weight excluding hydrogens is 464 g/mol. The fourth-order valence-electron chi connectivity index (χ4n) is 3.83. The average molecular weight is 486 g/mol. The number of hydrogen-bond acceptors (Lipinski definition) is 7. The summed E-state index contributed by atoms with van der Waals surface area (Å²) in [5.74, 6) is 0.741. The first kappa shape index (κ1) is 22.9. The summed E-state index contributed by atoms with van der Waals surface area (Å²) in [6, 6.07) is 18.5. The molecule has 0 atom stereocenters. The van der Waals surface area contributed by atoms with E-state index in [1.807, 2.05) is 0 Å². The lowest BCUT2D eigenvalue weighted by Gasteiger charge is -2.19. The Hall–Kier alpha value is -4.86. The Bertz CT molecular complexity index is 1510. The first-order valence-electron chi connectivity index (χ1n) is 11.2. The van der Waals surface area contributed by atoms with Crippen molar-refractivity contribution in [3.63, 3.8) is 0 Å². The van der Waals surface area contributed by atoms with Gasteiger partial charge in [0.25, 0.3) is 11.5 Å². The molecule has 1 aliphatic heterocycles. The molecule has 2 N–H and O–H groups in total. The Morgan fingerprint density at radius 2 is 1.69 bits per heavy atom. The van der Waals surface area contributed by atoms with Crippen LogP contribution >= 0.6 is 0 Å². The molecule has 1 aromatic heterocycles. The van der Waals surface area contributed by atoms with Gasteiger partial charge in [0, 0.05) is 17.1 Å². The number of carbonyl (C=O) groups excluding carboxylic acids is 2. The summed E-state index contributed by atoms with van der Waals surface area (Å²) < 4.78 is 17.3. The molecule has 0 spiro atoms. The van der Waals surface area contributed by atoms with Crippen molar-refractivity contribution in [2.24, 2.45) is 0 Å². The summed E-state index contributed by atoms with van der Waals surface area (Å²) in [5, 5.41) is 10.3. The van der Waals surface area contributed by atoms with E-state index in [1.165, 1.54) is 0 Å². The predicted molar refractivity (Wildman–Crippen MR) is 132 cm³/mol. The summed E-state index contributed by atoms with van der Waals surface area (Å²) >= 11 is 0. The molecule has 10 heteroatoms. The first-order valence-corrected chi connectivity index (χ1v) is 11.2. The van der Waals surface area contributed by atoms with Crippen molar-refractivity contribution in [2.75, 3.05) is 32.2 Å². The Kier molecular flexibility index (Phi) is 6.23. The highest BCUT2D eigenvalue weighted by molar-refractivity contribution is 6.06. The maximum Gasteiger partial charge on any atom is 0.279 e. The third-order valence-corrected chi connectivity index (χ3v) is 5.57. The molecule has 3 aromatic carbocycles. The van der Waals surface area contributed by atoms with E-state index in [-0.39, 0.29) is 17.8 Å². The lowest BCUT2D eigenvalue weighted by molar-refractivity contribution is -0.115. The summed E-state index contributed by atoms with van der Waals surface area (Å²) in [6.45, 7) is 0.601. The normalized spacial score (nSPS) is 12.1. The standard InChI is InChI=1S/C26H22N4O6/c1-34-18-9-7-17(8-10-18)30-26(33)20-5-3-2-4-19(20)24(29-30)25(32)27-15-23(31)28-16-6-11-21-22(14-16)36-13-12-35-21/h2-11,14H,12-13,15H2,1H3,(H,27,32)(H,28,31). The molecule has 1 aliphatic rings. The number of carbonyl (C=O) groups is 2. The number of aromatic nitrogens is 2. The van der Waals surface area contributed by atoms with Crippen LogP contribution in [-0.2, 0) is 4.79 Å². The fourth-order valence-corrected chi connectivity index (χ4v) is 3.83. The van der Waals surface area contributed by atoms with E-state index in [0.717, 1.165) is 4.68 Å². The molecule has 0 unspecified atom stereocenters. The lowest BCUT2D eigenvalue weighted by Crippen LogP contribution is -2.35. The van der Waals surface area contributed by atoms with Gasteiger partial charge in [0.2, 0.25) is 5.91 Å². The van der Waals surface area contributed by atoms with Crippen LogP contribution in [0.15, 0.2) is 71.5 Å². The third-order valence-electron chi connectivity index (χ3n) is 5.57. The van der Waals surface area contributed by atoms with Crippen molar-refractivity contribution in [2.45, 2.75) is 0 Å². The molecule has 2 heterocycles. The van der Waals surface area contributed by atoms with Gasteiger partial charge in [0.1, 0.15) is 19.0 Å². The van der Waals surface area contributed by atoms with E-state index in [4.69, 9.17) is 14.2 Å². The molecule has 0 fully saturated rings. The van der Waals surface area contributed by atoms with Gasteiger partial charge in [-0.3, -0.25) is 14.4 Å². The predicted octanol–water partition coefficient (Wildman–Crippen LogP) is 2.53. The number of ether oxygens (including phenoxy) is 3. The Balaban J connectivity index is 1.36. The number of nitrogens with zero attached hydrogens (tertiary/aromatic N) is 2. The number of rotatable bonds is 6. The smallest absolute Gasteiger partial charge is 0.279 e. The van der Waals surface area contributed by atoms with E-state index < -0.39 is 11.8 Å². The maximum atomic E-state index is 13.1. The van der Waals surface area contributed by atoms with Crippen molar-refractivity contribution in [1.82, 2.24) is 15.1 Å². The number of fused-ring (bicyclic) bond motifs is 2. The molecule has 10 nitrogen and oxygen atoms in total. The van der Waals surface area contributed by atoms with Crippen molar-refractivity contribution < 1.29 is 23.8 Å². The van der Waals surface area contributed by atoms with Crippen LogP contribution in [0, 0.1) is 0 Å². The van der Waals surface area contributed by atoms with Crippen LogP contribution in [0.4, 0.5) is 5.69 Å². The van der Waals surface area contributed by atoms with E-state index in [9.17, 15) is 14.4 Å². The van der Waals surface area contributed by atoms with Crippen LogP contribution in [0.2, 0.25) is 0 Å². The van der Waals surface area contributed by atoms with Crippen LogP contribution < -0.4 is 30.4 Å². The van der Waals surface area contributed by atoms with Gasteiger partial charge in [-0.25, -0.2) is 0 Å². The first-order chi connectivity index (χ1) is 17.5. The van der Waals surface area contributed by atoms with Crippen molar-refractivity contribution in [3.8, 4) is 22.9 Å². The Labute approximate surface area is 205 Å². The second-order valence-corrected chi connectivity index (χ2v) is 7.90. The van der Waals surface area contributed by atoms with Gasteiger partial charge >= 0.3 is 0 Å². The minimum Gasteiger partial charge on any atom is -0.497 e. The fraction of sp³-hybridized carbons (Fsp3) is 0.154. The van der Waals surface area contributed by atoms with Crippen LogP contribution in [0.25, 0.3) is 16.5 Å². The summed E-state index contributed by atoms with van der Waals surface area (Å²) in [6.07, 6.45) is 0. The Morgan fingerprint density at radius 1 is 0.972 bits per heavy atom. The zero-order valence-electron chi connectivity index (χ0n) is 19.3. The molecule has 4 aromatic rings. The zero-order valence-corrected chi connectivity index (χ0v) is 19.3. The number of nitrogens with one attached hydrogen (secondary N) is 2. The highest BCUT2D eigenvalue weighted by Crippen LogP contribution is 2.32. The van der Waals surface area contributed by atoms with Gasteiger partial charge < -0.3 is 24.8 Å². The Morgan fingerprint density at radius 3 is 2.44 bits per heavy atom. The third kappa shape index (κ3) is 4.56. The van der Waals surface area contributed by atoms with Crippen molar-refractivity contribution in [1.29, 1.82) is 0 Å². The largest absolute Gasteiger partial charge is 0.497 e. The van der Waals surface area contributed by atoms with Crippen molar-refractivity contribution in [3.05, 3.63) is 82.8 Å². The maximum absolute atomic E-state index is 13.1. The highest BCUT2D eigenvalue weighted by atomic mass is 16.6. The van der Waals surface area contributed by atoms with Gasteiger partial charge in [-0.05, 0) is 42.5 Å². The number of anilines is 1. The number of methoxy groups -OCH3 is 1. The van der Waals surface area contributed by atoms with Crippen LogP contribution in [0.3, 0.4) is 0 Å². The van der Waals surface area contributed by atoms with E-state index in [0.29, 0.717) is 52.6 Å². The molecule has 0 radical (unpaired) electrons. The molecule has 0 bridgehead atoms. The quantitative estimate of drug-likeness (QED) is 0.430. The molecule has 5 rings (SSSR count). The lowest BCUT2D eigenvalue weighted by atomic mass is 10.1. The van der Waals surface area contributed by atoms with E-state index in [2.05, 4.69) is 15.7 Å². The van der Waals surface area contributed by atoms with Gasteiger partial charge in [-0.2, -0.15) is 9.78 Å². The molecule has 0 saturated heterocycles. The minimum absolute atomic E-state index is 0.0214. The average Bonchev–Trinajstić information content (AvgIpc) is 2.92. The molecule has 0 saturated carbocycles. The van der Waals surface area contributed by atoms with Gasteiger partial charge in [0.15, 0.2) is 17.2 Å². The zero-order chi connectivity index (χ0) is 25.1. The molecule has 182 valence electrons. The van der Waals surface area contributed by atoms with E-state index >= 15 is 0 Å². The second-order valence-electron chi connectivity index (χ2n) is 7.90. The van der Waals surface area contributed by atoms with Gasteiger partial charge in [0.05, 0.1) is 24.7 Å². The SMILES string of the molecule is COc1ccc(-n2nc(C(=O)NCC(=O)Nc3ccc4c(c3)OCCO4)c3ccccc3c2=O)cc1. The van der Waals surface area contributed by atoms with Crippen molar-refractivity contribution >= 4 is 28.3 Å². The monoisotopic (exact) mass is 486 g/mol. The molecule has 2 amide bonds. The van der Waals surface area contributed by atoms with Crippen LogP contribution in [-0.4, -0.2) is 48.5 Å². The highest BCUT2D eigenvalue weighted by Gasteiger charge is 2.19. The minimum atomic E-state index is -0.592.